The molecule has 0 spiro atoms. The Morgan fingerprint density at radius 3 is 3.00 bits per heavy atom. The van der Waals surface area contributed by atoms with Crippen molar-refractivity contribution in [1.82, 2.24) is 0 Å². The van der Waals surface area contributed by atoms with Crippen LogP contribution in [0.1, 0.15) is 30.1 Å². The van der Waals surface area contributed by atoms with Gasteiger partial charge in [-0.1, -0.05) is 12.1 Å². The van der Waals surface area contributed by atoms with Crippen LogP contribution in [0.2, 0.25) is 0 Å². The molecule has 0 aliphatic carbocycles. The Hall–Kier alpha value is -1.31. The maximum atomic E-state index is 11.6. The van der Waals surface area contributed by atoms with Gasteiger partial charge in [0.1, 0.15) is 0 Å². The number of nitrogens with one attached hydrogen (secondary N) is 1. The number of benzene rings is 1. The summed E-state index contributed by atoms with van der Waals surface area (Å²) in [7, 11) is 0. The molecule has 1 unspecified atom stereocenters. The predicted molar refractivity (Wildman–Crippen MR) is 53.1 cm³/mol. The molecule has 13 heavy (non-hydrogen) atoms. The number of para-hydroxylation sites is 1. The van der Waals surface area contributed by atoms with Crippen LogP contribution in [0.15, 0.2) is 24.3 Å². The van der Waals surface area contributed by atoms with Crippen molar-refractivity contribution in [2.75, 3.05) is 5.32 Å². The maximum absolute atomic E-state index is 11.6. The first-order chi connectivity index (χ1) is 6.27. The largest absolute Gasteiger partial charge is 0.382 e. The second kappa shape index (κ2) is 3.21. The Morgan fingerprint density at radius 1 is 1.38 bits per heavy atom. The number of hydrogen-bond acceptors (Lipinski definition) is 2. The van der Waals surface area contributed by atoms with Crippen molar-refractivity contribution in [1.29, 1.82) is 0 Å². The summed E-state index contributed by atoms with van der Waals surface area (Å²) in [5.74, 6) is 0.257. The van der Waals surface area contributed by atoms with Crippen LogP contribution in [0.5, 0.6) is 0 Å². The van der Waals surface area contributed by atoms with Crippen LogP contribution < -0.4 is 5.32 Å². The summed E-state index contributed by atoms with van der Waals surface area (Å²) < 4.78 is 0. The van der Waals surface area contributed by atoms with Crippen molar-refractivity contribution < 1.29 is 4.79 Å². The fourth-order valence-electron chi connectivity index (χ4n) is 1.67. The van der Waals surface area contributed by atoms with E-state index >= 15 is 0 Å². The molecule has 1 aliphatic heterocycles. The van der Waals surface area contributed by atoms with E-state index < -0.39 is 0 Å². The molecule has 2 rings (SSSR count). The molecule has 1 N–H and O–H groups in total. The van der Waals surface area contributed by atoms with Crippen LogP contribution in [0.25, 0.3) is 0 Å². The molecular weight excluding hydrogens is 162 g/mol. The van der Waals surface area contributed by atoms with Gasteiger partial charge in [0, 0.05) is 23.7 Å². The van der Waals surface area contributed by atoms with E-state index in [1.807, 2.05) is 24.3 Å². The lowest BCUT2D eigenvalue weighted by molar-refractivity contribution is 0.0982. The first-order valence-electron chi connectivity index (χ1n) is 4.66. The molecule has 0 saturated heterocycles. The number of fused-ring (bicyclic) bond motifs is 1. The number of hydrogen-bond donors (Lipinski definition) is 1. The second-order valence-corrected chi connectivity index (χ2v) is 3.55. The molecule has 0 amide bonds. The number of Topliss-reactive ketones (excluding diaryl/α,β-unsaturated/α-hetero) is 1. The molecule has 0 bridgehead atoms. The van der Waals surface area contributed by atoms with Gasteiger partial charge in [0.25, 0.3) is 0 Å². The molecule has 0 fully saturated rings. The van der Waals surface area contributed by atoms with Crippen molar-refractivity contribution in [3.8, 4) is 0 Å². The van der Waals surface area contributed by atoms with Crippen molar-refractivity contribution in [2.24, 2.45) is 0 Å². The molecule has 2 heteroatoms. The lowest BCUT2D eigenvalue weighted by atomic mass is 10.1. The lowest BCUT2D eigenvalue weighted by Crippen LogP contribution is -2.12. The topological polar surface area (TPSA) is 29.1 Å². The highest BCUT2D eigenvalue weighted by atomic mass is 16.1. The first kappa shape index (κ1) is 8.30. The fourth-order valence-corrected chi connectivity index (χ4v) is 1.67. The number of rotatable bonds is 0. The highest BCUT2D eigenvalue weighted by Gasteiger charge is 2.17. The summed E-state index contributed by atoms with van der Waals surface area (Å²) in [6, 6.07) is 8.12. The Kier molecular flexibility index (Phi) is 2.05. The van der Waals surface area contributed by atoms with Gasteiger partial charge in [0.2, 0.25) is 0 Å². The van der Waals surface area contributed by atoms with Gasteiger partial charge < -0.3 is 5.32 Å². The van der Waals surface area contributed by atoms with E-state index in [2.05, 4.69) is 12.2 Å². The van der Waals surface area contributed by atoms with Crippen molar-refractivity contribution >= 4 is 11.5 Å². The average molecular weight is 175 g/mol. The van der Waals surface area contributed by atoms with E-state index in [0.29, 0.717) is 12.5 Å². The summed E-state index contributed by atoms with van der Waals surface area (Å²) >= 11 is 0. The van der Waals surface area contributed by atoms with Crippen molar-refractivity contribution in [2.45, 2.75) is 25.8 Å². The van der Waals surface area contributed by atoms with Gasteiger partial charge in [-0.2, -0.15) is 0 Å². The highest BCUT2D eigenvalue weighted by Crippen LogP contribution is 2.23. The van der Waals surface area contributed by atoms with E-state index in [1.165, 1.54) is 0 Å². The molecule has 68 valence electrons. The number of ketones is 1. The molecule has 1 aromatic rings. The quantitative estimate of drug-likeness (QED) is 0.656. The van der Waals surface area contributed by atoms with Gasteiger partial charge in [0.15, 0.2) is 5.78 Å². The van der Waals surface area contributed by atoms with Crippen molar-refractivity contribution in [3.63, 3.8) is 0 Å². The van der Waals surface area contributed by atoms with Crippen LogP contribution >= 0.6 is 0 Å². The summed E-state index contributed by atoms with van der Waals surface area (Å²) in [4.78, 5) is 11.6. The van der Waals surface area contributed by atoms with Gasteiger partial charge in [-0.05, 0) is 25.5 Å². The van der Waals surface area contributed by atoms with Gasteiger partial charge in [-0.25, -0.2) is 0 Å². The number of carbonyl (C=O) groups is 1. The van der Waals surface area contributed by atoms with Crippen molar-refractivity contribution in [3.05, 3.63) is 29.8 Å². The Labute approximate surface area is 78.0 Å². The fraction of sp³-hybridized carbons (Fsp3) is 0.364. The van der Waals surface area contributed by atoms with Gasteiger partial charge in [-0.3, -0.25) is 4.79 Å². The zero-order chi connectivity index (χ0) is 9.26. The molecule has 2 nitrogen and oxygen atoms in total. The molecule has 1 aromatic carbocycles. The minimum Gasteiger partial charge on any atom is -0.382 e. The Bertz CT molecular complexity index is 333. The van der Waals surface area contributed by atoms with Crippen LogP contribution in [0.4, 0.5) is 5.69 Å². The molecule has 1 aliphatic rings. The summed E-state index contributed by atoms with van der Waals surface area (Å²) in [6.07, 6.45) is 1.58. The molecule has 1 atom stereocenters. The van der Waals surface area contributed by atoms with E-state index in [1.54, 1.807) is 0 Å². The first-order valence-corrected chi connectivity index (χ1v) is 4.66. The third kappa shape index (κ3) is 1.57. The molecule has 0 saturated carbocycles. The van der Waals surface area contributed by atoms with Crippen LogP contribution in [0.3, 0.4) is 0 Å². The Morgan fingerprint density at radius 2 is 2.15 bits per heavy atom. The summed E-state index contributed by atoms with van der Waals surface area (Å²) in [5, 5.41) is 3.33. The molecule has 0 radical (unpaired) electrons. The standard InChI is InChI=1S/C11H13NO/c1-8-6-7-11(13)9-4-2-3-5-10(9)12-8/h2-5,8,12H,6-7H2,1H3. The number of anilines is 1. The monoisotopic (exact) mass is 175 g/mol. The van der Waals surface area contributed by atoms with Crippen LogP contribution in [-0.2, 0) is 0 Å². The van der Waals surface area contributed by atoms with Crippen LogP contribution in [-0.4, -0.2) is 11.8 Å². The zero-order valence-corrected chi connectivity index (χ0v) is 7.71. The maximum Gasteiger partial charge on any atom is 0.165 e. The predicted octanol–water partition coefficient (Wildman–Crippen LogP) is 2.46. The Balaban J connectivity index is 2.43. The van der Waals surface area contributed by atoms with Gasteiger partial charge in [0.05, 0.1) is 0 Å². The van der Waals surface area contributed by atoms with E-state index in [-0.39, 0.29) is 5.78 Å². The summed E-state index contributed by atoms with van der Waals surface area (Å²) in [5.41, 5.74) is 1.82. The second-order valence-electron chi connectivity index (χ2n) is 3.55. The van der Waals surface area contributed by atoms with Crippen LogP contribution in [0, 0.1) is 0 Å². The molecule has 1 heterocycles. The van der Waals surface area contributed by atoms with E-state index in [0.717, 1.165) is 17.7 Å². The van der Waals surface area contributed by atoms with Gasteiger partial charge in [-0.15, -0.1) is 0 Å². The third-order valence-corrected chi connectivity index (χ3v) is 2.43. The molecule has 0 aromatic heterocycles. The summed E-state index contributed by atoms with van der Waals surface area (Å²) in [6.45, 7) is 2.11. The van der Waals surface area contributed by atoms with E-state index in [9.17, 15) is 4.79 Å². The SMILES string of the molecule is CC1CCC(=O)c2ccccc2N1. The smallest absolute Gasteiger partial charge is 0.165 e. The average Bonchev–Trinajstić information content (AvgIpc) is 2.27. The lowest BCUT2D eigenvalue weighted by Gasteiger charge is -2.11. The zero-order valence-electron chi connectivity index (χ0n) is 7.71. The third-order valence-electron chi connectivity index (χ3n) is 2.43. The highest BCUT2D eigenvalue weighted by molar-refractivity contribution is 6.01. The molecular formula is C11H13NO. The minimum atomic E-state index is 0.257. The normalized spacial score (nSPS) is 21.6. The number of carbonyl (C=O) groups excluding carboxylic acids is 1. The van der Waals surface area contributed by atoms with E-state index in [4.69, 9.17) is 0 Å². The minimum absolute atomic E-state index is 0.257. The van der Waals surface area contributed by atoms with Gasteiger partial charge >= 0.3 is 0 Å².